The third-order valence-electron chi connectivity index (χ3n) is 2.46. The Morgan fingerprint density at radius 1 is 1.00 bits per heavy atom. The zero-order valence-electron chi connectivity index (χ0n) is 9.01. The summed E-state index contributed by atoms with van der Waals surface area (Å²) in [6, 6.07) is 0. The highest BCUT2D eigenvalue weighted by Crippen LogP contribution is 2.33. The molecule has 0 nitrogen and oxygen atoms in total. The quantitative estimate of drug-likeness (QED) is 0.517. The molecule has 0 amide bonds. The fourth-order valence-corrected chi connectivity index (χ4v) is 1.93. The summed E-state index contributed by atoms with van der Waals surface area (Å²) in [5.41, 5.74) is 3.15. The fourth-order valence-electron chi connectivity index (χ4n) is 1.93. The minimum atomic E-state index is 0.868. The largest absolute Gasteiger partial charge is 0.0805 e. The van der Waals surface area contributed by atoms with Gasteiger partial charge in [-0.25, -0.2) is 0 Å². The van der Waals surface area contributed by atoms with Crippen LogP contribution in [0.5, 0.6) is 0 Å². The van der Waals surface area contributed by atoms with Gasteiger partial charge in [0, 0.05) is 0 Å². The van der Waals surface area contributed by atoms with Crippen LogP contribution in [0.3, 0.4) is 0 Å². The first-order chi connectivity index (χ1) is 6.36. The SMILES string of the molecule is CC.CC1CC2=C(C=CCC=C2)C1. The van der Waals surface area contributed by atoms with E-state index >= 15 is 0 Å². The molecule has 0 bridgehead atoms. The number of allylic oxidation sites excluding steroid dienone is 6. The van der Waals surface area contributed by atoms with Crippen molar-refractivity contribution in [2.24, 2.45) is 5.92 Å². The molecule has 0 aromatic carbocycles. The molecule has 0 unspecified atom stereocenters. The molecule has 0 heterocycles. The van der Waals surface area contributed by atoms with Crippen LogP contribution in [0.2, 0.25) is 0 Å². The lowest BCUT2D eigenvalue weighted by atomic mass is 10.1. The molecule has 0 heteroatoms. The van der Waals surface area contributed by atoms with Gasteiger partial charge in [-0.3, -0.25) is 0 Å². The minimum absolute atomic E-state index is 0.868. The minimum Gasteiger partial charge on any atom is -0.0805 e. The first kappa shape index (κ1) is 10.3. The lowest BCUT2D eigenvalue weighted by Crippen LogP contribution is -1.84. The smallest absolute Gasteiger partial charge is 0.0163 e. The maximum atomic E-state index is 2.33. The summed E-state index contributed by atoms with van der Waals surface area (Å²) in [6.45, 7) is 6.33. The van der Waals surface area contributed by atoms with Crippen molar-refractivity contribution < 1.29 is 0 Å². The summed E-state index contributed by atoms with van der Waals surface area (Å²) in [5, 5.41) is 0. The summed E-state index contributed by atoms with van der Waals surface area (Å²) in [7, 11) is 0. The van der Waals surface area contributed by atoms with Crippen molar-refractivity contribution in [3.05, 3.63) is 35.5 Å². The zero-order valence-corrected chi connectivity index (χ0v) is 9.01. The molecule has 2 aliphatic rings. The van der Waals surface area contributed by atoms with E-state index in [0.717, 1.165) is 12.3 Å². The first-order valence-electron chi connectivity index (χ1n) is 5.41. The van der Waals surface area contributed by atoms with E-state index in [9.17, 15) is 0 Å². The molecule has 13 heavy (non-hydrogen) atoms. The van der Waals surface area contributed by atoms with Crippen LogP contribution in [0.1, 0.15) is 40.0 Å². The van der Waals surface area contributed by atoms with Crippen LogP contribution < -0.4 is 0 Å². The van der Waals surface area contributed by atoms with Crippen molar-refractivity contribution in [3.63, 3.8) is 0 Å². The van der Waals surface area contributed by atoms with Crippen LogP contribution in [0.25, 0.3) is 0 Å². The van der Waals surface area contributed by atoms with Crippen LogP contribution in [0.15, 0.2) is 35.5 Å². The summed E-state index contributed by atoms with van der Waals surface area (Å²) >= 11 is 0. The van der Waals surface area contributed by atoms with E-state index in [0.29, 0.717) is 0 Å². The van der Waals surface area contributed by atoms with Gasteiger partial charge in [0.05, 0.1) is 0 Å². The van der Waals surface area contributed by atoms with Crippen molar-refractivity contribution in [1.29, 1.82) is 0 Å². The third-order valence-corrected chi connectivity index (χ3v) is 2.46. The molecule has 0 aromatic heterocycles. The average molecular weight is 176 g/mol. The summed E-state index contributed by atoms with van der Waals surface area (Å²) < 4.78 is 0. The maximum absolute atomic E-state index is 2.33. The lowest BCUT2D eigenvalue weighted by molar-refractivity contribution is 0.626. The van der Waals surface area contributed by atoms with Crippen LogP contribution in [-0.4, -0.2) is 0 Å². The predicted molar refractivity (Wildman–Crippen MR) is 59.7 cm³/mol. The summed E-state index contributed by atoms with van der Waals surface area (Å²) in [5.74, 6) is 0.868. The molecule has 0 saturated heterocycles. The highest BCUT2D eigenvalue weighted by molar-refractivity contribution is 5.39. The third kappa shape index (κ3) is 2.58. The van der Waals surface area contributed by atoms with Crippen molar-refractivity contribution in [2.45, 2.75) is 40.0 Å². The van der Waals surface area contributed by atoms with E-state index in [2.05, 4.69) is 31.2 Å². The molecule has 0 saturated carbocycles. The van der Waals surface area contributed by atoms with Gasteiger partial charge in [0.15, 0.2) is 0 Å². The molecule has 0 aliphatic heterocycles. The Labute approximate surface area is 82.0 Å². The van der Waals surface area contributed by atoms with Crippen LogP contribution in [0.4, 0.5) is 0 Å². The first-order valence-corrected chi connectivity index (χ1v) is 5.41. The van der Waals surface area contributed by atoms with E-state index in [1.54, 1.807) is 11.1 Å². The van der Waals surface area contributed by atoms with Gasteiger partial charge in [-0.1, -0.05) is 45.1 Å². The predicted octanol–water partition coefficient (Wildman–Crippen LogP) is 4.26. The molecule has 0 fully saturated rings. The Morgan fingerprint density at radius 2 is 1.46 bits per heavy atom. The van der Waals surface area contributed by atoms with Crippen molar-refractivity contribution in [3.8, 4) is 0 Å². The van der Waals surface area contributed by atoms with Gasteiger partial charge in [-0.2, -0.15) is 0 Å². The number of hydrogen-bond acceptors (Lipinski definition) is 0. The molecule has 0 radical (unpaired) electrons. The highest BCUT2D eigenvalue weighted by atomic mass is 14.2. The standard InChI is InChI=1S/C11H14.C2H6/c1-9-7-10-5-3-2-4-6-11(10)8-9;1-2/h3-6,9H,2,7-8H2,1H3;1-2H3. The fraction of sp³-hybridized carbons (Fsp3) is 0.538. The van der Waals surface area contributed by atoms with Gasteiger partial charge < -0.3 is 0 Å². The second-order valence-corrected chi connectivity index (χ2v) is 3.60. The molecular weight excluding hydrogens is 156 g/mol. The Balaban J connectivity index is 0.000000396. The Hall–Kier alpha value is -0.780. The van der Waals surface area contributed by atoms with Gasteiger partial charge in [0.25, 0.3) is 0 Å². The van der Waals surface area contributed by atoms with Crippen molar-refractivity contribution in [1.82, 2.24) is 0 Å². The number of rotatable bonds is 0. The van der Waals surface area contributed by atoms with Gasteiger partial charge in [0.2, 0.25) is 0 Å². The van der Waals surface area contributed by atoms with Gasteiger partial charge in [-0.05, 0) is 36.3 Å². The highest BCUT2D eigenvalue weighted by Gasteiger charge is 2.17. The number of hydrogen-bond donors (Lipinski definition) is 0. The monoisotopic (exact) mass is 176 g/mol. The van der Waals surface area contributed by atoms with E-state index in [1.807, 2.05) is 13.8 Å². The molecular formula is C13H20. The second-order valence-electron chi connectivity index (χ2n) is 3.60. The molecule has 2 aliphatic carbocycles. The molecule has 2 rings (SSSR count). The van der Waals surface area contributed by atoms with Gasteiger partial charge in [0.1, 0.15) is 0 Å². The Kier molecular flexibility index (Phi) is 4.01. The average Bonchev–Trinajstić information content (AvgIpc) is 2.36. The van der Waals surface area contributed by atoms with E-state index < -0.39 is 0 Å². The molecule has 72 valence electrons. The Bertz CT molecular complexity index is 217. The molecule has 0 aromatic rings. The van der Waals surface area contributed by atoms with Crippen molar-refractivity contribution in [2.75, 3.05) is 0 Å². The Morgan fingerprint density at radius 3 is 1.92 bits per heavy atom. The second kappa shape index (κ2) is 5.06. The molecule has 0 spiro atoms. The maximum Gasteiger partial charge on any atom is -0.0163 e. The van der Waals surface area contributed by atoms with Crippen molar-refractivity contribution >= 4 is 0 Å². The van der Waals surface area contributed by atoms with E-state index in [4.69, 9.17) is 0 Å². The van der Waals surface area contributed by atoms with E-state index in [1.165, 1.54) is 12.8 Å². The van der Waals surface area contributed by atoms with Crippen LogP contribution >= 0.6 is 0 Å². The van der Waals surface area contributed by atoms with Crippen LogP contribution in [-0.2, 0) is 0 Å². The lowest BCUT2D eigenvalue weighted by Gasteiger charge is -1.97. The molecule has 0 N–H and O–H groups in total. The van der Waals surface area contributed by atoms with Gasteiger partial charge >= 0.3 is 0 Å². The van der Waals surface area contributed by atoms with Gasteiger partial charge in [-0.15, -0.1) is 0 Å². The summed E-state index contributed by atoms with van der Waals surface area (Å²) in [6.07, 6.45) is 12.8. The topological polar surface area (TPSA) is 0 Å². The normalized spacial score (nSPS) is 20.8. The summed E-state index contributed by atoms with van der Waals surface area (Å²) in [4.78, 5) is 0. The zero-order chi connectivity index (χ0) is 9.68. The molecule has 0 atom stereocenters. The van der Waals surface area contributed by atoms with E-state index in [-0.39, 0.29) is 0 Å². The van der Waals surface area contributed by atoms with Crippen LogP contribution in [0, 0.1) is 5.92 Å².